The molecule has 2 N–H and O–H groups in total. The molecule has 290 valence electrons. The molecule has 0 spiro atoms. The SMILES string of the molecule is Clc1nnc(CC[C@@H]2CCCO2)c2ccncc12.Clc1nnc(CC[C@@H]2CCCO2)c2cnccc12.Clc1nnc(Cl)c2cnccc12.NC[C@@H]1CCCO1. The van der Waals surface area contributed by atoms with Gasteiger partial charge in [0.2, 0.25) is 0 Å². The van der Waals surface area contributed by atoms with E-state index in [1.807, 2.05) is 12.1 Å². The van der Waals surface area contributed by atoms with Crippen LogP contribution in [0.1, 0.15) is 62.8 Å². The van der Waals surface area contributed by atoms with Gasteiger partial charge in [-0.3, -0.25) is 15.0 Å². The van der Waals surface area contributed by atoms with Crippen LogP contribution >= 0.6 is 46.4 Å². The van der Waals surface area contributed by atoms with Crippen LogP contribution in [0, 0.1) is 0 Å². The number of halogens is 4. The Morgan fingerprint density at radius 2 is 0.873 bits per heavy atom. The monoisotopic (exact) mass is 826 g/mol. The van der Waals surface area contributed by atoms with Gasteiger partial charge in [-0.25, -0.2) is 0 Å². The highest BCUT2D eigenvalue weighted by atomic mass is 35.5. The average molecular weight is 829 g/mol. The Morgan fingerprint density at radius 1 is 0.491 bits per heavy atom. The van der Waals surface area contributed by atoms with E-state index < -0.39 is 0 Å². The van der Waals surface area contributed by atoms with Crippen molar-refractivity contribution in [3.63, 3.8) is 0 Å². The number of hydrogen-bond donors (Lipinski definition) is 1. The molecule has 3 saturated heterocycles. The number of aromatic nitrogens is 9. The second kappa shape index (κ2) is 21.1. The van der Waals surface area contributed by atoms with Gasteiger partial charge in [0.05, 0.1) is 29.7 Å². The van der Waals surface area contributed by atoms with Crippen molar-refractivity contribution in [1.82, 2.24) is 45.5 Å². The number of nitrogens with two attached hydrogens (primary N) is 1. The van der Waals surface area contributed by atoms with Gasteiger partial charge in [-0.1, -0.05) is 46.4 Å². The minimum Gasteiger partial charge on any atom is -0.378 e. The molecule has 3 aliphatic rings. The predicted molar refractivity (Wildman–Crippen MR) is 215 cm³/mol. The lowest BCUT2D eigenvalue weighted by molar-refractivity contribution is 0.104. The quantitative estimate of drug-likeness (QED) is 0.164. The van der Waals surface area contributed by atoms with E-state index in [9.17, 15) is 0 Å². The lowest BCUT2D eigenvalue weighted by Gasteiger charge is -2.09. The third-order valence-corrected chi connectivity index (χ3v) is 10.6. The summed E-state index contributed by atoms with van der Waals surface area (Å²) < 4.78 is 16.4. The first kappa shape index (κ1) is 41.1. The van der Waals surface area contributed by atoms with E-state index in [1.165, 1.54) is 19.3 Å². The van der Waals surface area contributed by atoms with Crippen LogP contribution in [-0.4, -0.2) is 90.2 Å². The number of aryl methyl sites for hydroxylation is 2. The van der Waals surface area contributed by atoms with Crippen LogP contribution in [-0.2, 0) is 27.1 Å². The molecule has 0 aromatic carbocycles. The number of pyridine rings is 3. The van der Waals surface area contributed by atoms with E-state index in [2.05, 4.69) is 45.5 Å². The lowest BCUT2D eigenvalue weighted by atomic mass is 10.1. The molecule has 0 radical (unpaired) electrons. The van der Waals surface area contributed by atoms with Gasteiger partial charge >= 0.3 is 0 Å². The predicted octanol–water partition coefficient (Wildman–Crippen LogP) is 8.04. The summed E-state index contributed by atoms with van der Waals surface area (Å²) in [7, 11) is 0. The summed E-state index contributed by atoms with van der Waals surface area (Å²) in [5, 5.41) is 30.5. The normalized spacial score (nSPS) is 19.0. The van der Waals surface area contributed by atoms with Crippen LogP contribution in [0.3, 0.4) is 0 Å². The minimum atomic E-state index is 0.322. The lowest BCUT2D eigenvalue weighted by Crippen LogP contribution is -2.17. The Balaban J connectivity index is 0.000000131. The summed E-state index contributed by atoms with van der Waals surface area (Å²) in [6.07, 6.45) is 22.1. The zero-order chi connectivity index (χ0) is 38.4. The third kappa shape index (κ3) is 11.5. The van der Waals surface area contributed by atoms with E-state index in [0.29, 0.717) is 45.5 Å². The van der Waals surface area contributed by atoms with E-state index in [-0.39, 0.29) is 0 Å². The number of rotatable bonds is 7. The van der Waals surface area contributed by atoms with Crippen molar-refractivity contribution in [2.45, 2.75) is 82.5 Å². The molecule has 0 amide bonds. The van der Waals surface area contributed by atoms with Crippen molar-refractivity contribution in [2.75, 3.05) is 26.4 Å². The second-order valence-corrected chi connectivity index (χ2v) is 14.6. The van der Waals surface area contributed by atoms with Crippen molar-refractivity contribution in [3.8, 4) is 0 Å². The standard InChI is InChI=1S/2C13H14ClN3O.C7H3Cl2N3.C5H11NO/c14-13-10-5-6-15-8-11(10)12(16-17-13)4-3-9-2-1-7-18-9;14-13-11-8-15-6-5-10(11)12(16-17-13)4-3-9-2-1-7-18-9;8-6-4-1-2-10-3-5(4)7(9)12-11-6;6-4-5-2-1-3-7-5/h2*5-6,8-9H,1-4,7H2;1-3H;5H,1-4,6H2/t2*9-;;5-/m00.0/s1. The molecule has 17 heteroatoms. The summed E-state index contributed by atoms with van der Waals surface area (Å²) in [5.41, 5.74) is 7.24. The van der Waals surface area contributed by atoms with E-state index >= 15 is 0 Å². The van der Waals surface area contributed by atoms with Gasteiger partial charge < -0.3 is 19.9 Å². The van der Waals surface area contributed by atoms with Crippen molar-refractivity contribution < 1.29 is 14.2 Å². The Morgan fingerprint density at radius 3 is 1.31 bits per heavy atom. The van der Waals surface area contributed by atoms with Crippen LogP contribution in [0.5, 0.6) is 0 Å². The zero-order valence-electron chi connectivity index (χ0n) is 30.2. The van der Waals surface area contributed by atoms with Gasteiger partial charge in [-0.05, 0) is 82.4 Å². The smallest absolute Gasteiger partial charge is 0.161 e. The molecule has 3 aliphatic heterocycles. The number of ether oxygens (including phenoxy) is 3. The zero-order valence-corrected chi connectivity index (χ0v) is 33.2. The Labute approximate surface area is 339 Å². The van der Waals surface area contributed by atoms with Gasteiger partial charge in [-0.15, -0.1) is 20.4 Å². The summed E-state index contributed by atoms with van der Waals surface area (Å²) in [4.78, 5) is 12.1. The first-order chi connectivity index (χ1) is 26.9. The Hall–Kier alpha value is -3.53. The first-order valence-corrected chi connectivity index (χ1v) is 19.9. The molecular formula is C38H42Cl4N10O3. The van der Waals surface area contributed by atoms with Crippen molar-refractivity contribution >= 4 is 78.7 Å². The average Bonchev–Trinajstić information content (AvgIpc) is 4.06. The molecule has 9 heterocycles. The van der Waals surface area contributed by atoms with Crippen LogP contribution in [0.15, 0.2) is 55.4 Å². The summed E-state index contributed by atoms with van der Waals surface area (Å²) >= 11 is 23.6. The molecule has 0 unspecified atom stereocenters. The molecule has 3 atom stereocenters. The van der Waals surface area contributed by atoms with Gasteiger partial charge in [0.1, 0.15) is 0 Å². The fraction of sp³-hybridized carbons (Fsp3) is 0.447. The van der Waals surface area contributed by atoms with Gasteiger partial charge in [0.15, 0.2) is 20.6 Å². The molecule has 55 heavy (non-hydrogen) atoms. The van der Waals surface area contributed by atoms with Crippen LogP contribution in [0.25, 0.3) is 32.3 Å². The fourth-order valence-corrected chi connectivity index (χ4v) is 7.29. The van der Waals surface area contributed by atoms with E-state index in [0.717, 1.165) is 108 Å². The highest BCUT2D eigenvalue weighted by Gasteiger charge is 2.18. The minimum absolute atomic E-state index is 0.322. The third-order valence-electron chi connectivity index (χ3n) is 9.46. The number of nitrogens with zero attached hydrogens (tertiary/aromatic N) is 9. The number of fused-ring (bicyclic) bond motifs is 3. The Bertz CT molecular complexity index is 1990. The maximum Gasteiger partial charge on any atom is 0.161 e. The van der Waals surface area contributed by atoms with Gasteiger partial charge in [-0.2, -0.15) is 10.2 Å². The maximum atomic E-state index is 6.03. The molecule has 3 fully saturated rings. The number of hydrogen-bond acceptors (Lipinski definition) is 13. The summed E-state index contributed by atoms with van der Waals surface area (Å²) in [6.45, 7) is 3.39. The molecule has 0 aliphatic carbocycles. The molecule has 13 nitrogen and oxygen atoms in total. The first-order valence-electron chi connectivity index (χ1n) is 18.4. The van der Waals surface area contributed by atoms with E-state index in [4.69, 9.17) is 66.3 Å². The maximum absolute atomic E-state index is 6.03. The van der Waals surface area contributed by atoms with Crippen molar-refractivity contribution in [2.24, 2.45) is 5.73 Å². The van der Waals surface area contributed by atoms with Crippen molar-refractivity contribution in [1.29, 1.82) is 0 Å². The summed E-state index contributed by atoms with van der Waals surface area (Å²) in [5.74, 6) is 0. The highest BCUT2D eigenvalue weighted by molar-refractivity contribution is 6.38. The summed E-state index contributed by atoms with van der Waals surface area (Å²) in [6, 6.07) is 5.57. The van der Waals surface area contributed by atoms with Crippen molar-refractivity contribution in [3.05, 3.63) is 87.4 Å². The molecule has 0 saturated carbocycles. The fourth-order valence-electron chi connectivity index (χ4n) is 6.51. The molecule has 0 bridgehead atoms. The van der Waals surface area contributed by atoms with Gasteiger partial charge in [0, 0.05) is 95.9 Å². The van der Waals surface area contributed by atoms with Crippen LogP contribution in [0.2, 0.25) is 20.6 Å². The Kier molecular flexibility index (Phi) is 15.8. The molecular weight excluding hydrogens is 786 g/mol. The largest absolute Gasteiger partial charge is 0.378 e. The van der Waals surface area contributed by atoms with Crippen LogP contribution < -0.4 is 5.73 Å². The van der Waals surface area contributed by atoms with Crippen LogP contribution in [0.4, 0.5) is 0 Å². The highest BCUT2D eigenvalue weighted by Crippen LogP contribution is 2.27. The molecule has 9 rings (SSSR count). The topological polar surface area (TPSA) is 170 Å². The second-order valence-electron chi connectivity index (χ2n) is 13.1. The van der Waals surface area contributed by atoms with E-state index in [1.54, 1.807) is 43.2 Å². The molecule has 6 aromatic heterocycles. The van der Waals surface area contributed by atoms with Gasteiger partial charge in [0.25, 0.3) is 0 Å². The molecule has 6 aromatic rings.